The number of hydrogen-bond donors (Lipinski definition) is 2. The Morgan fingerprint density at radius 3 is 2.57 bits per heavy atom. The van der Waals surface area contributed by atoms with Gasteiger partial charge in [0.25, 0.3) is 0 Å². The normalized spacial score (nSPS) is 22.2. The lowest BCUT2D eigenvalue weighted by atomic mass is 9.93. The average molecular weight is 540 g/mol. The van der Waals surface area contributed by atoms with Crippen molar-refractivity contribution in [3.8, 4) is 5.75 Å². The van der Waals surface area contributed by atoms with Crippen molar-refractivity contribution in [3.63, 3.8) is 0 Å². The molecule has 2 N–H and O–H groups in total. The largest absolute Gasteiger partial charge is 0.490 e. The number of ether oxygens (including phenoxy) is 2. The molecule has 30 heavy (non-hydrogen) atoms. The van der Waals surface area contributed by atoms with E-state index in [0.29, 0.717) is 13.2 Å². The van der Waals surface area contributed by atoms with E-state index in [9.17, 15) is 4.79 Å². The van der Waals surface area contributed by atoms with Crippen LogP contribution >= 0.6 is 31.9 Å². The van der Waals surface area contributed by atoms with Crippen molar-refractivity contribution >= 4 is 38.0 Å². The van der Waals surface area contributed by atoms with Crippen molar-refractivity contribution in [2.45, 2.75) is 37.6 Å². The molecule has 1 amide bonds. The smallest absolute Gasteiger partial charge is 0.404 e. The maximum absolute atomic E-state index is 11.0. The van der Waals surface area contributed by atoms with Gasteiger partial charge in [0, 0.05) is 33.6 Å². The summed E-state index contributed by atoms with van der Waals surface area (Å²) in [6.45, 7) is 2.60. The molecule has 1 saturated heterocycles. The highest BCUT2D eigenvalue weighted by Gasteiger charge is 2.37. The topological polar surface area (TPSA) is 71.0 Å². The summed E-state index contributed by atoms with van der Waals surface area (Å²) >= 11 is 7.06. The predicted molar refractivity (Wildman–Crippen MR) is 121 cm³/mol. The van der Waals surface area contributed by atoms with Gasteiger partial charge in [-0.25, -0.2) is 4.79 Å². The highest BCUT2D eigenvalue weighted by molar-refractivity contribution is 9.11. The van der Waals surface area contributed by atoms with Gasteiger partial charge in [0.15, 0.2) is 0 Å². The maximum atomic E-state index is 11.0. The van der Waals surface area contributed by atoms with Crippen LogP contribution in [-0.2, 0) is 11.3 Å². The zero-order chi connectivity index (χ0) is 21.1. The first-order valence-electron chi connectivity index (χ1n) is 10.0. The number of carbonyl (C=O) groups is 1. The van der Waals surface area contributed by atoms with Crippen molar-refractivity contribution in [3.05, 3.63) is 62.5 Å². The fourth-order valence-electron chi connectivity index (χ4n) is 4.28. The van der Waals surface area contributed by atoms with Gasteiger partial charge in [-0.2, -0.15) is 0 Å². The molecule has 2 atom stereocenters. The SMILES string of the molecule is O=C(O)NC1CCN([C@@H]2c3ccccc3OC[C@H]2OCc2cc(Br)cc(Br)c2)CC1. The van der Waals surface area contributed by atoms with E-state index >= 15 is 0 Å². The molecule has 2 aliphatic heterocycles. The third-order valence-corrected chi connectivity index (χ3v) is 6.55. The molecule has 0 unspecified atom stereocenters. The summed E-state index contributed by atoms with van der Waals surface area (Å²) in [7, 11) is 0. The molecule has 2 aromatic carbocycles. The number of fused-ring (bicyclic) bond motifs is 1. The van der Waals surface area contributed by atoms with Gasteiger partial charge in [0.1, 0.15) is 18.5 Å². The third kappa shape index (κ3) is 5.17. The van der Waals surface area contributed by atoms with Crippen molar-refractivity contribution in [1.82, 2.24) is 10.2 Å². The Balaban J connectivity index is 1.50. The summed E-state index contributed by atoms with van der Waals surface area (Å²) in [5, 5.41) is 11.6. The van der Waals surface area contributed by atoms with Crippen LogP contribution < -0.4 is 10.1 Å². The van der Waals surface area contributed by atoms with Crippen LogP contribution in [0.4, 0.5) is 4.79 Å². The number of hydrogen-bond acceptors (Lipinski definition) is 4. The van der Waals surface area contributed by atoms with Gasteiger partial charge < -0.3 is 19.9 Å². The molecule has 0 bridgehead atoms. The molecule has 2 aromatic rings. The van der Waals surface area contributed by atoms with Gasteiger partial charge in [-0.15, -0.1) is 0 Å². The minimum atomic E-state index is -0.953. The van der Waals surface area contributed by atoms with Crippen LogP contribution in [0.15, 0.2) is 51.4 Å². The first-order valence-corrected chi connectivity index (χ1v) is 11.6. The predicted octanol–water partition coefficient (Wildman–Crippen LogP) is 4.96. The van der Waals surface area contributed by atoms with Crippen molar-refractivity contribution < 1.29 is 19.4 Å². The van der Waals surface area contributed by atoms with E-state index in [1.165, 1.54) is 0 Å². The number of halogens is 2. The average Bonchev–Trinajstić information content (AvgIpc) is 2.71. The second-order valence-corrected chi connectivity index (χ2v) is 9.51. The molecule has 4 rings (SSSR count). The molecule has 2 aliphatic rings. The standard InChI is InChI=1S/C22H24Br2N2O4/c23-15-9-14(10-16(24)11-15)12-29-20-13-30-19-4-2-1-3-18(19)21(20)26-7-5-17(6-8-26)25-22(27)28/h1-4,9-11,17,20-21,25H,5-8,12-13H2,(H,27,28)/t20-,21-/m1/s1. The highest BCUT2D eigenvalue weighted by atomic mass is 79.9. The van der Waals surface area contributed by atoms with Crippen LogP contribution in [-0.4, -0.2) is 47.9 Å². The first kappa shape index (κ1) is 21.6. The van der Waals surface area contributed by atoms with Crippen molar-refractivity contribution in [2.24, 2.45) is 0 Å². The summed E-state index contributed by atoms with van der Waals surface area (Å²) in [5.74, 6) is 0.901. The Morgan fingerprint density at radius 2 is 1.87 bits per heavy atom. The monoisotopic (exact) mass is 538 g/mol. The summed E-state index contributed by atoms with van der Waals surface area (Å²) in [6.07, 6.45) is 0.515. The summed E-state index contributed by atoms with van der Waals surface area (Å²) in [6, 6.07) is 14.3. The Hall–Kier alpha value is -1.61. The third-order valence-electron chi connectivity index (χ3n) is 5.63. The number of piperidine rings is 1. The molecule has 0 saturated carbocycles. The van der Waals surface area contributed by atoms with Crippen LogP contribution in [0.5, 0.6) is 5.75 Å². The number of rotatable bonds is 5. The molecule has 160 valence electrons. The number of nitrogens with zero attached hydrogens (tertiary/aromatic N) is 1. The molecule has 0 aliphatic carbocycles. The molecule has 1 fully saturated rings. The first-order chi connectivity index (χ1) is 14.5. The Bertz CT molecular complexity index is 882. The Kier molecular flexibility index (Phi) is 6.98. The lowest BCUT2D eigenvalue weighted by Crippen LogP contribution is -2.50. The number of likely N-dealkylation sites (tertiary alicyclic amines) is 1. The lowest BCUT2D eigenvalue weighted by Gasteiger charge is -2.43. The minimum absolute atomic E-state index is 0.00669. The number of benzene rings is 2. The quantitative estimate of drug-likeness (QED) is 0.561. The van der Waals surface area contributed by atoms with Gasteiger partial charge in [0.05, 0.1) is 12.6 Å². The molecule has 0 aromatic heterocycles. The van der Waals surface area contributed by atoms with Crippen LogP contribution in [0.2, 0.25) is 0 Å². The zero-order valence-corrected chi connectivity index (χ0v) is 19.6. The summed E-state index contributed by atoms with van der Waals surface area (Å²) in [4.78, 5) is 13.4. The van der Waals surface area contributed by atoms with Gasteiger partial charge in [-0.3, -0.25) is 4.90 Å². The van der Waals surface area contributed by atoms with E-state index in [0.717, 1.165) is 51.8 Å². The molecular formula is C22H24Br2N2O4. The minimum Gasteiger partial charge on any atom is -0.490 e. The van der Waals surface area contributed by atoms with E-state index in [2.05, 4.69) is 60.3 Å². The molecular weight excluding hydrogens is 516 g/mol. The molecule has 0 spiro atoms. The van der Waals surface area contributed by atoms with Crippen molar-refractivity contribution in [2.75, 3.05) is 19.7 Å². The Morgan fingerprint density at radius 1 is 1.17 bits per heavy atom. The summed E-state index contributed by atoms with van der Waals surface area (Å²) < 4.78 is 14.4. The Labute approximate surface area is 192 Å². The fourth-order valence-corrected chi connectivity index (χ4v) is 5.67. The van der Waals surface area contributed by atoms with Crippen LogP contribution in [0.25, 0.3) is 0 Å². The van der Waals surface area contributed by atoms with Gasteiger partial charge in [-0.05, 0) is 42.7 Å². The van der Waals surface area contributed by atoms with E-state index in [-0.39, 0.29) is 18.2 Å². The van der Waals surface area contributed by atoms with Crippen molar-refractivity contribution in [1.29, 1.82) is 0 Å². The fraction of sp³-hybridized carbons (Fsp3) is 0.409. The van der Waals surface area contributed by atoms with E-state index < -0.39 is 6.09 Å². The number of carboxylic acid groups (broad SMARTS) is 1. The summed E-state index contributed by atoms with van der Waals surface area (Å²) in [5.41, 5.74) is 2.21. The van der Waals surface area contributed by atoms with Crippen LogP contribution in [0.3, 0.4) is 0 Å². The number of para-hydroxylation sites is 1. The highest BCUT2D eigenvalue weighted by Crippen LogP contribution is 2.39. The van der Waals surface area contributed by atoms with Crippen LogP contribution in [0, 0.1) is 0 Å². The van der Waals surface area contributed by atoms with E-state index in [1.54, 1.807) is 0 Å². The number of nitrogens with one attached hydrogen (secondary N) is 1. The van der Waals surface area contributed by atoms with Gasteiger partial charge in [0.2, 0.25) is 0 Å². The van der Waals surface area contributed by atoms with E-state index in [1.807, 2.05) is 24.3 Å². The van der Waals surface area contributed by atoms with Gasteiger partial charge in [-0.1, -0.05) is 50.1 Å². The van der Waals surface area contributed by atoms with Gasteiger partial charge >= 0.3 is 6.09 Å². The molecule has 8 heteroatoms. The molecule has 0 radical (unpaired) electrons. The zero-order valence-electron chi connectivity index (χ0n) is 16.4. The number of amides is 1. The second-order valence-electron chi connectivity index (χ2n) is 7.68. The second kappa shape index (κ2) is 9.68. The lowest BCUT2D eigenvalue weighted by molar-refractivity contribution is -0.0645. The maximum Gasteiger partial charge on any atom is 0.404 e. The van der Waals surface area contributed by atoms with Crippen LogP contribution in [0.1, 0.15) is 30.0 Å². The molecule has 2 heterocycles. The van der Waals surface area contributed by atoms with E-state index in [4.69, 9.17) is 14.6 Å². The molecule has 6 nitrogen and oxygen atoms in total.